The molecule has 2 unspecified atom stereocenters. The SMILES string of the molecule is CCCSc1nc(NC)c(N)c(N(N)C2CCC(OCCO)C2)n1. The number of nitrogens with one attached hydrogen (secondary N) is 1. The predicted octanol–water partition coefficient (Wildman–Crippen LogP) is 1.21. The minimum absolute atomic E-state index is 0.0376. The van der Waals surface area contributed by atoms with E-state index >= 15 is 0 Å². The molecule has 2 rings (SSSR count). The standard InChI is InChI=1S/C15H28N6O2S/c1-3-8-24-15-19-13(18-2)12(16)14(20-15)21(17)10-4-5-11(9-10)23-7-6-22/h10-11,22H,3-9,16-17H2,1-2H3,(H,18,19,20). The number of anilines is 3. The zero-order chi connectivity index (χ0) is 17.5. The second kappa shape index (κ2) is 9.26. The van der Waals surface area contributed by atoms with Crippen molar-refractivity contribution in [3.8, 4) is 0 Å². The van der Waals surface area contributed by atoms with E-state index in [1.54, 1.807) is 23.8 Å². The van der Waals surface area contributed by atoms with Crippen molar-refractivity contribution in [2.75, 3.05) is 42.1 Å². The van der Waals surface area contributed by atoms with Crippen LogP contribution in [0.15, 0.2) is 5.16 Å². The second-order valence-corrected chi connectivity index (χ2v) is 6.84. The molecule has 0 amide bonds. The van der Waals surface area contributed by atoms with E-state index in [1.807, 2.05) is 0 Å². The number of nitrogens with zero attached hydrogens (tertiary/aromatic N) is 3. The minimum atomic E-state index is 0.0376. The summed E-state index contributed by atoms with van der Waals surface area (Å²) in [5.41, 5.74) is 6.65. The van der Waals surface area contributed by atoms with Crippen molar-refractivity contribution in [1.29, 1.82) is 0 Å². The molecule has 0 radical (unpaired) electrons. The third kappa shape index (κ3) is 4.62. The van der Waals surface area contributed by atoms with E-state index in [2.05, 4.69) is 22.2 Å². The van der Waals surface area contributed by atoms with Crippen molar-refractivity contribution in [3.63, 3.8) is 0 Å². The van der Waals surface area contributed by atoms with Crippen LogP contribution in [0, 0.1) is 0 Å². The summed E-state index contributed by atoms with van der Waals surface area (Å²) in [6, 6.07) is 0.111. The highest BCUT2D eigenvalue weighted by molar-refractivity contribution is 7.99. The largest absolute Gasteiger partial charge is 0.394 e. The monoisotopic (exact) mass is 356 g/mol. The Kier molecular flexibility index (Phi) is 7.35. The highest BCUT2D eigenvalue weighted by atomic mass is 32.2. The van der Waals surface area contributed by atoms with Crippen LogP contribution >= 0.6 is 11.8 Å². The number of hydrogen-bond donors (Lipinski definition) is 4. The first-order chi connectivity index (χ1) is 11.6. The van der Waals surface area contributed by atoms with Gasteiger partial charge in [-0.3, -0.25) is 5.01 Å². The summed E-state index contributed by atoms with van der Waals surface area (Å²) in [6.45, 7) is 2.51. The Hall–Kier alpha value is -1.29. The van der Waals surface area contributed by atoms with Gasteiger partial charge in [-0.2, -0.15) is 0 Å². The average molecular weight is 356 g/mol. The number of hydrazine groups is 1. The molecule has 1 aliphatic rings. The first kappa shape index (κ1) is 19.0. The molecule has 136 valence electrons. The summed E-state index contributed by atoms with van der Waals surface area (Å²) in [5, 5.41) is 14.2. The van der Waals surface area contributed by atoms with Gasteiger partial charge in [0.25, 0.3) is 0 Å². The van der Waals surface area contributed by atoms with Crippen molar-refractivity contribution < 1.29 is 9.84 Å². The van der Waals surface area contributed by atoms with Gasteiger partial charge < -0.3 is 20.9 Å². The van der Waals surface area contributed by atoms with E-state index in [9.17, 15) is 0 Å². The van der Waals surface area contributed by atoms with Crippen LogP contribution in [0.3, 0.4) is 0 Å². The summed E-state index contributed by atoms with van der Waals surface area (Å²) in [7, 11) is 1.78. The van der Waals surface area contributed by atoms with Crippen LogP contribution in [0.5, 0.6) is 0 Å². The van der Waals surface area contributed by atoms with Crippen LogP contribution in [0.25, 0.3) is 0 Å². The van der Waals surface area contributed by atoms with E-state index in [-0.39, 0.29) is 18.8 Å². The van der Waals surface area contributed by atoms with Gasteiger partial charge in [0.15, 0.2) is 16.8 Å². The fourth-order valence-electron chi connectivity index (χ4n) is 2.80. The molecule has 0 aliphatic heterocycles. The molecule has 1 saturated carbocycles. The van der Waals surface area contributed by atoms with Gasteiger partial charge in [-0.15, -0.1) is 0 Å². The van der Waals surface area contributed by atoms with Crippen LogP contribution in [0.2, 0.25) is 0 Å². The molecule has 1 aliphatic carbocycles. The first-order valence-electron chi connectivity index (χ1n) is 8.35. The number of hydrogen-bond acceptors (Lipinski definition) is 9. The number of aromatic nitrogens is 2. The number of rotatable bonds is 9. The summed E-state index contributed by atoms with van der Waals surface area (Å²) in [4.78, 5) is 8.99. The van der Waals surface area contributed by atoms with Crippen molar-refractivity contribution >= 4 is 29.1 Å². The molecule has 8 nitrogen and oxygen atoms in total. The third-order valence-electron chi connectivity index (χ3n) is 4.02. The highest BCUT2D eigenvalue weighted by Crippen LogP contribution is 2.33. The molecule has 1 heterocycles. The van der Waals surface area contributed by atoms with Gasteiger partial charge in [-0.05, 0) is 25.7 Å². The molecule has 0 saturated heterocycles. The van der Waals surface area contributed by atoms with E-state index in [1.165, 1.54) is 0 Å². The number of ether oxygens (including phenoxy) is 1. The van der Waals surface area contributed by atoms with Crippen LogP contribution in [0.4, 0.5) is 17.3 Å². The van der Waals surface area contributed by atoms with Crippen LogP contribution in [-0.4, -0.2) is 53.2 Å². The van der Waals surface area contributed by atoms with Crippen molar-refractivity contribution in [2.45, 2.75) is 49.9 Å². The third-order valence-corrected chi connectivity index (χ3v) is 5.07. The Balaban J connectivity index is 2.14. The molecule has 1 aromatic heterocycles. The van der Waals surface area contributed by atoms with Crippen molar-refractivity contribution in [2.24, 2.45) is 5.84 Å². The molecule has 0 spiro atoms. The summed E-state index contributed by atoms with van der Waals surface area (Å²) in [6.07, 6.45) is 3.78. The van der Waals surface area contributed by atoms with E-state index in [4.69, 9.17) is 21.4 Å². The van der Waals surface area contributed by atoms with Gasteiger partial charge in [-0.1, -0.05) is 18.7 Å². The first-order valence-corrected chi connectivity index (χ1v) is 9.33. The number of nitrogen functional groups attached to an aromatic ring is 1. The van der Waals surface area contributed by atoms with Crippen molar-refractivity contribution in [3.05, 3.63) is 0 Å². The van der Waals surface area contributed by atoms with Crippen LogP contribution < -0.4 is 21.9 Å². The topological polar surface area (TPSA) is 123 Å². The number of nitrogens with two attached hydrogens (primary N) is 2. The van der Waals surface area contributed by atoms with Gasteiger partial charge >= 0.3 is 0 Å². The predicted molar refractivity (Wildman–Crippen MR) is 98.1 cm³/mol. The molecule has 2 atom stereocenters. The molecular formula is C15H28N6O2S. The van der Waals surface area contributed by atoms with Crippen molar-refractivity contribution in [1.82, 2.24) is 9.97 Å². The maximum atomic E-state index is 8.87. The summed E-state index contributed by atoms with van der Waals surface area (Å²) < 4.78 is 5.61. The zero-order valence-corrected chi connectivity index (χ0v) is 15.2. The Labute approximate surface area is 147 Å². The van der Waals surface area contributed by atoms with E-state index < -0.39 is 0 Å². The Morgan fingerprint density at radius 3 is 2.88 bits per heavy atom. The molecule has 0 bridgehead atoms. The van der Waals surface area contributed by atoms with Crippen LogP contribution in [0.1, 0.15) is 32.6 Å². The van der Waals surface area contributed by atoms with E-state index in [0.717, 1.165) is 31.4 Å². The molecule has 1 fully saturated rings. The molecule has 24 heavy (non-hydrogen) atoms. The maximum absolute atomic E-state index is 8.87. The maximum Gasteiger partial charge on any atom is 0.191 e. The number of aliphatic hydroxyl groups excluding tert-OH is 1. The Bertz CT molecular complexity index is 533. The van der Waals surface area contributed by atoms with E-state index in [0.29, 0.717) is 29.1 Å². The molecule has 1 aromatic rings. The quantitative estimate of drug-likeness (QED) is 0.224. The lowest BCUT2D eigenvalue weighted by atomic mass is 10.2. The molecular weight excluding hydrogens is 328 g/mol. The summed E-state index contributed by atoms with van der Waals surface area (Å²) in [5.74, 6) is 8.43. The number of thioether (sulfide) groups is 1. The second-order valence-electron chi connectivity index (χ2n) is 5.78. The smallest absolute Gasteiger partial charge is 0.191 e. The molecule has 6 N–H and O–H groups in total. The normalized spacial score (nSPS) is 20.3. The van der Waals surface area contributed by atoms with Gasteiger partial charge in [0, 0.05) is 18.8 Å². The fourth-order valence-corrected chi connectivity index (χ4v) is 3.49. The average Bonchev–Trinajstić information content (AvgIpc) is 3.07. The van der Waals surface area contributed by atoms with Crippen LogP contribution in [-0.2, 0) is 4.74 Å². The lowest BCUT2D eigenvalue weighted by Crippen LogP contribution is -2.41. The highest BCUT2D eigenvalue weighted by Gasteiger charge is 2.31. The van der Waals surface area contributed by atoms with Gasteiger partial charge in [0.05, 0.1) is 19.3 Å². The summed E-state index contributed by atoms with van der Waals surface area (Å²) >= 11 is 1.59. The zero-order valence-electron chi connectivity index (χ0n) is 14.4. The lowest BCUT2D eigenvalue weighted by molar-refractivity contribution is 0.0322. The molecule has 0 aromatic carbocycles. The Morgan fingerprint density at radius 2 is 2.21 bits per heavy atom. The molecule has 9 heteroatoms. The minimum Gasteiger partial charge on any atom is -0.394 e. The van der Waals surface area contributed by atoms with Gasteiger partial charge in [0.1, 0.15) is 5.69 Å². The lowest BCUT2D eigenvalue weighted by Gasteiger charge is -2.27. The Morgan fingerprint density at radius 1 is 1.42 bits per heavy atom. The fraction of sp³-hybridized carbons (Fsp3) is 0.733. The number of aliphatic hydroxyl groups is 1. The van der Waals surface area contributed by atoms with Gasteiger partial charge in [-0.25, -0.2) is 15.8 Å². The van der Waals surface area contributed by atoms with Gasteiger partial charge in [0.2, 0.25) is 0 Å².